The van der Waals surface area contributed by atoms with Crippen LogP contribution >= 0.6 is 0 Å². The molecular weight excluding hydrogens is 310 g/mol. The normalized spacial score (nSPS) is 23.8. The van der Waals surface area contributed by atoms with Crippen LogP contribution in [0.3, 0.4) is 0 Å². The lowest BCUT2D eigenvalue weighted by atomic mass is 9.78. The van der Waals surface area contributed by atoms with E-state index in [2.05, 4.69) is 4.98 Å². The molecule has 0 aromatic carbocycles. The molecule has 2 aliphatic heterocycles. The van der Waals surface area contributed by atoms with Crippen molar-refractivity contribution in [3.8, 4) is 5.88 Å². The lowest BCUT2D eigenvalue weighted by molar-refractivity contribution is -0.146. The van der Waals surface area contributed by atoms with Crippen molar-refractivity contribution >= 4 is 11.8 Å². The van der Waals surface area contributed by atoms with Gasteiger partial charge in [0.1, 0.15) is 0 Å². The highest BCUT2D eigenvalue weighted by atomic mass is 16.5. The molecule has 3 heterocycles. The largest absolute Gasteiger partial charge is 0.481 e. The standard InChI is InChI=1S/C17H23N3O4/c1-24-14-11-13(3-6-18-14)15(22)20-8-5-17(12-20)4-2-7-19(9-10-21)16(17)23/h3,6,11,21H,2,4-5,7-10,12H2,1H3/t17-/m1/s1. The first-order chi connectivity index (χ1) is 11.6. The van der Waals surface area contributed by atoms with Gasteiger partial charge in [-0.3, -0.25) is 9.59 Å². The van der Waals surface area contributed by atoms with E-state index in [9.17, 15) is 9.59 Å². The van der Waals surface area contributed by atoms with Crippen LogP contribution in [0.4, 0.5) is 0 Å². The average molecular weight is 333 g/mol. The second-order valence-corrected chi connectivity index (χ2v) is 6.46. The Labute approximate surface area is 141 Å². The summed E-state index contributed by atoms with van der Waals surface area (Å²) >= 11 is 0. The molecule has 130 valence electrons. The Morgan fingerprint density at radius 3 is 3.00 bits per heavy atom. The molecule has 2 aliphatic rings. The van der Waals surface area contributed by atoms with E-state index < -0.39 is 5.41 Å². The summed E-state index contributed by atoms with van der Waals surface area (Å²) in [5.74, 6) is 0.377. The summed E-state index contributed by atoms with van der Waals surface area (Å²) in [4.78, 5) is 33.0. The molecule has 0 saturated carbocycles. The van der Waals surface area contributed by atoms with Crippen molar-refractivity contribution in [2.75, 3.05) is 39.9 Å². The van der Waals surface area contributed by atoms with E-state index in [-0.39, 0.29) is 18.4 Å². The fourth-order valence-corrected chi connectivity index (χ4v) is 3.75. The molecule has 3 rings (SSSR count). The van der Waals surface area contributed by atoms with Crippen LogP contribution in [-0.4, -0.2) is 71.6 Å². The van der Waals surface area contributed by atoms with E-state index in [0.717, 1.165) is 12.8 Å². The quantitative estimate of drug-likeness (QED) is 0.869. The topological polar surface area (TPSA) is 83.0 Å². The number of carbonyl (C=O) groups is 2. The summed E-state index contributed by atoms with van der Waals surface area (Å²) in [5.41, 5.74) is 0.0367. The van der Waals surface area contributed by atoms with E-state index in [1.807, 2.05) is 0 Å². The summed E-state index contributed by atoms with van der Waals surface area (Å²) in [6.07, 6.45) is 3.95. The fourth-order valence-electron chi connectivity index (χ4n) is 3.75. The molecule has 0 radical (unpaired) electrons. The van der Waals surface area contributed by atoms with E-state index in [1.54, 1.807) is 28.1 Å². The smallest absolute Gasteiger partial charge is 0.254 e. The minimum atomic E-state index is -0.486. The molecule has 1 N–H and O–H groups in total. The van der Waals surface area contributed by atoms with Crippen molar-refractivity contribution in [1.29, 1.82) is 0 Å². The number of methoxy groups -OCH3 is 1. The zero-order valence-corrected chi connectivity index (χ0v) is 13.9. The zero-order valence-electron chi connectivity index (χ0n) is 13.9. The van der Waals surface area contributed by atoms with E-state index in [1.165, 1.54) is 7.11 Å². The van der Waals surface area contributed by atoms with Crippen molar-refractivity contribution in [3.05, 3.63) is 23.9 Å². The van der Waals surface area contributed by atoms with Crippen LogP contribution < -0.4 is 4.74 Å². The van der Waals surface area contributed by atoms with Crippen LogP contribution in [0.5, 0.6) is 5.88 Å². The number of hydrogen-bond acceptors (Lipinski definition) is 5. The number of nitrogens with zero attached hydrogens (tertiary/aromatic N) is 3. The first kappa shape index (κ1) is 16.7. The predicted octanol–water partition coefficient (Wildman–Crippen LogP) is 0.537. The van der Waals surface area contributed by atoms with Gasteiger partial charge in [-0.25, -0.2) is 4.98 Å². The van der Waals surface area contributed by atoms with Crippen LogP contribution in [0.2, 0.25) is 0 Å². The van der Waals surface area contributed by atoms with Gasteiger partial charge in [0.2, 0.25) is 11.8 Å². The molecule has 0 aliphatic carbocycles. The lowest BCUT2D eigenvalue weighted by Crippen LogP contribution is -2.51. The second kappa shape index (κ2) is 6.76. The van der Waals surface area contributed by atoms with Gasteiger partial charge in [-0.2, -0.15) is 0 Å². The molecule has 7 heteroatoms. The van der Waals surface area contributed by atoms with Crippen LogP contribution in [0, 0.1) is 5.41 Å². The van der Waals surface area contributed by atoms with Gasteiger partial charge in [-0.15, -0.1) is 0 Å². The van der Waals surface area contributed by atoms with Gasteiger partial charge in [0.15, 0.2) is 0 Å². The summed E-state index contributed by atoms with van der Waals surface area (Å²) in [7, 11) is 1.51. The van der Waals surface area contributed by atoms with Crippen LogP contribution in [0.25, 0.3) is 0 Å². The number of aromatic nitrogens is 1. The van der Waals surface area contributed by atoms with Crippen LogP contribution in [0.15, 0.2) is 18.3 Å². The number of rotatable bonds is 4. The molecule has 7 nitrogen and oxygen atoms in total. The summed E-state index contributed by atoms with van der Waals surface area (Å²) < 4.78 is 5.07. The number of amides is 2. The number of aliphatic hydroxyl groups excluding tert-OH is 1. The minimum absolute atomic E-state index is 0.0265. The lowest BCUT2D eigenvalue weighted by Gasteiger charge is -2.39. The Morgan fingerprint density at radius 1 is 1.42 bits per heavy atom. The van der Waals surface area contributed by atoms with Gasteiger partial charge < -0.3 is 19.6 Å². The molecule has 1 spiro atoms. The van der Waals surface area contributed by atoms with Crippen molar-refractivity contribution in [1.82, 2.24) is 14.8 Å². The van der Waals surface area contributed by atoms with Gasteiger partial charge in [0, 0.05) is 44.0 Å². The predicted molar refractivity (Wildman–Crippen MR) is 86.6 cm³/mol. The Morgan fingerprint density at radius 2 is 2.25 bits per heavy atom. The maximum atomic E-state index is 12.8. The third-order valence-electron chi connectivity index (χ3n) is 5.03. The van der Waals surface area contributed by atoms with Crippen molar-refractivity contribution in [2.45, 2.75) is 19.3 Å². The maximum Gasteiger partial charge on any atom is 0.254 e. The Balaban J connectivity index is 1.74. The monoisotopic (exact) mass is 333 g/mol. The third kappa shape index (κ3) is 2.96. The van der Waals surface area contributed by atoms with Gasteiger partial charge in [-0.05, 0) is 25.3 Å². The first-order valence-electron chi connectivity index (χ1n) is 8.29. The number of aliphatic hydroxyl groups is 1. The molecule has 0 bridgehead atoms. The van der Waals surface area contributed by atoms with Crippen molar-refractivity contribution in [2.24, 2.45) is 5.41 Å². The molecule has 2 fully saturated rings. The molecule has 2 saturated heterocycles. The van der Waals surface area contributed by atoms with E-state index in [4.69, 9.17) is 9.84 Å². The van der Waals surface area contributed by atoms with E-state index >= 15 is 0 Å². The second-order valence-electron chi connectivity index (χ2n) is 6.46. The number of pyridine rings is 1. The average Bonchev–Trinajstić information content (AvgIpc) is 3.04. The highest BCUT2D eigenvalue weighted by molar-refractivity contribution is 5.95. The number of piperidine rings is 1. The Kier molecular flexibility index (Phi) is 4.71. The van der Waals surface area contributed by atoms with Crippen molar-refractivity contribution in [3.63, 3.8) is 0 Å². The molecule has 1 atom stereocenters. The number of hydrogen-bond donors (Lipinski definition) is 1. The number of likely N-dealkylation sites (tertiary alicyclic amines) is 2. The highest BCUT2D eigenvalue weighted by Crippen LogP contribution is 2.40. The number of carbonyl (C=O) groups excluding carboxylic acids is 2. The van der Waals surface area contributed by atoms with Gasteiger partial charge in [0.25, 0.3) is 5.91 Å². The summed E-state index contributed by atoms with van der Waals surface area (Å²) in [5, 5.41) is 9.13. The third-order valence-corrected chi connectivity index (χ3v) is 5.03. The molecule has 24 heavy (non-hydrogen) atoms. The number of ether oxygens (including phenoxy) is 1. The molecule has 1 aromatic rings. The number of β-amino-alcohol motifs (C(OH)–C–C–N with tert-alkyl or cyclic N) is 1. The minimum Gasteiger partial charge on any atom is -0.481 e. The fraction of sp³-hybridized carbons (Fsp3) is 0.588. The molecule has 1 aromatic heterocycles. The summed E-state index contributed by atoms with van der Waals surface area (Å²) in [6, 6.07) is 3.28. The molecule has 2 amide bonds. The summed E-state index contributed by atoms with van der Waals surface area (Å²) in [6.45, 7) is 2.05. The van der Waals surface area contributed by atoms with Crippen LogP contribution in [0.1, 0.15) is 29.6 Å². The van der Waals surface area contributed by atoms with Gasteiger partial charge in [-0.1, -0.05) is 0 Å². The Bertz CT molecular complexity index is 634. The highest BCUT2D eigenvalue weighted by Gasteiger charge is 2.49. The van der Waals surface area contributed by atoms with E-state index in [0.29, 0.717) is 44.0 Å². The molecule has 0 unspecified atom stereocenters. The maximum absolute atomic E-state index is 12.8. The van der Waals surface area contributed by atoms with Gasteiger partial charge >= 0.3 is 0 Å². The Hall–Kier alpha value is -2.15. The SMILES string of the molecule is COc1cc(C(=O)N2CC[C@]3(CCCN(CCO)C3=O)C2)ccn1. The van der Waals surface area contributed by atoms with Gasteiger partial charge in [0.05, 0.1) is 19.1 Å². The van der Waals surface area contributed by atoms with Crippen molar-refractivity contribution < 1.29 is 19.4 Å². The first-order valence-corrected chi connectivity index (χ1v) is 8.29. The zero-order chi connectivity index (χ0) is 17.2. The molecular formula is C17H23N3O4. The van der Waals surface area contributed by atoms with Crippen LogP contribution in [-0.2, 0) is 4.79 Å².